The first-order chi connectivity index (χ1) is 7.25. The van der Waals surface area contributed by atoms with Crippen molar-refractivity contribution in [1.82, 2.24) is 20.1 Å². The second-order valence-electron chi connectivity index (χ2n) is 3.46. The number of nitrogens with zero attached hydrogens (tertiary/aromatic N) is 3. The van der Waals surface area contributed by atoms with Crippen LogP contribution in [-0.2, 0) is 20.1 Å². The molecule has 2 aromatic rings. The van der Waals surface area contributed by atoms with E-state index in [-0.39, 0.29) is 0 Å². The zero-order chi connectivity index (χ0) is 10.7. The molecule has 2 heterocycles. The summed E-state index contributed by atoms with van der Waals surface area (Å²) in [5.41, 5.74) is 1.16. The molecule has 2 aromatic heterocycles. The zero-order valence-corrected chi connectivity index (χ0v) is 8.90. The van der Waals surface area contributed by atoms with Gasteiger partial charge in [-0.1, -0.05) is 0 Å². The average molecular weight is 206 g/mol. The van der Waals surface area contributed by atoms with Crippen molar-refractivity contribution in [1.29, 1.82) is 0 Å². The second-order valence-corrected chi connectivity index (χ2v) is 3.46. The summed E-state index contributed by atoms with van der Waals surface area (Å²) in [6.07, 6.45) is 3.39. The number of nitrogens with one attached hydrogen (secondary N) is 1. The van der Waals surface area contributed by atoms with Crippen molar-refractivity contribution in [2.75, 3.05) is 0 Å². The minimum Gasteiger partial charge on any atom is -0.468 e. The molecule has 0 aliphatic rings. The van der Waals surface area contributed by atoms with Crippen LogP contribution in [0.25, 0.3) is 0 Å². The summed E-state index contributed by atoms with van der Waals surface area (Å²) in [6, 6.07) is 1.95. The van der Waals surface area contributed by atoms with Crippen LogP contribution in [0.1, 0.15) is 17.1 Å². The van der Waals surface area contributed by atoms with Crippen LogP contribution in [0.2, 0.25) is 0 Å². The van der Waals surface area contributed by atoms with Gasteiger partial charge in [-0.25, -0.2) is 4.98 Å². The smallest absolute Gasteiger partial charge is 0.164 e. The quantitative estimate of drug-likeness (QED) is 0.811. The minimum absolute atomic E-state index is 0.654. The van der Waals surface area contributed by atoms with E-state index < -0.39 is 0 Å². The Kier molecular flexibility index (Phi) is 2.82. The normalized spacial score (nSPS) is 10.8. The van der Waals surface area contributed by atoms with Crippen molar-refractivity contribution in [3.63, 3.8) is 0 Å². The van der Waals surface area contributed by atoms with Gasteiger partial charge in [0.05, 0.1) is 19.4 Å². The van der Waals surface area contributed by atoms with Gasteiger partial charge in [-0.05, 0) is 18.6 Å². The third-order valence-electron chi connectivity index (χ3n) is 2.18. The molecule has 0 radical (unpaired) electrons. The van der Waals surface area contributed by atoms with Crippen LogP contribution in [0.3, 0.4) is 0 Å². The molecule has 2 rings (SSSR count). The lowest BCUT2D eigenvalue weighted by molar-refractivity contribution is 0.477. The van der Waals surface area contributed by atoms with E-state index in [4.69, 9.17) is 4.42 Å². The molecule has 0 amide bonds. The van der Waals surface area contributed by atoms with E-state index in [2.05, 4.69) is 15.4 Å². The molecule has 0 fully saturated rings. The summed E-state index contributed by atoms with van der Waals surface area (Å²) in [5, 5.41) is 7.39. The molecule has 5 heteroatoms. The van der Waals surface area contributed by atoms with E-state index in [1.54, 1.807) is 17.3 Å². The van der Waals surface area contributed by atoms with Crippen LogP contribution in [0.5, 0.6) is 0 Å². The summed E-state index contributed by atoms with van der Waals surface area (Å²) in [4.78, 5) is 4.12. The van der Waals surface area contributed by atoms with Gasteiger partial charge in [-0.2, -0.15) is 5.10 Å². The van der Waals surface area contributed by atoms with E-state index in [1.165, 1.54) is 0 Å². The van der Waals surface area contributed by atoms with E-state index >= 15 is 0 Å². The van der Waals surface area contributed by atoms with Crippen LogP contribution in [0, 0.1) is 6.92 Å². The molecule has 5 nitrogen and oxygen atoms in total. The lowest BCUT2D eigenvalue weighted by Gasteiger charge is -1.99. The molecule has 1 N–H and O–H groups in total. The molecule has 0 unspecified atom stereocenters. The Morgan fingerprint density at radius 3 is 2.93 bits per heavy atom. The molecule has 0 spiro atoms. The zero-order valence-electron chi connectivity index (χ0n) is 8.90. The Morgan fingerprint density at radius 1 is 1.47 bits per heavy atom. The molecule has 0 saturated carbocycles. The third-order valence-corrected chi connectivity index (χ3v) is 2.18. The summed E-state index contributed by atoms with van der Waals surface area (Å²) in [7, 11) is 1.85. The van der Waals surface area contributed by atoms with Crippen LogP contribution >= 0.6 is 0 Å². The summed E-state index contributed by atoms with van der Waals surface area (Å²) >= 11 is 0. The number of furan rings is 1. The Labute approximate surface area is 88.1 Å². The fourth-order valence-corrected chi connectivity index (χ4v) is 1.34. The standard InChI is InChI=1S/C10H14N4O/c1-8-3-4-15-9(8)5-11-6-10-12-7-14(2)13-10/h3-4,7,11H,5-6H2,1-2H3. The summed E-state index contributed by atoms with van der Waals surface area (Å²) in [6.45, 7) is 3.39. The molecule has 0 saturated heterocycles. The van der Waals surface area contributed by atoms with Crippen molar-refractivity contribution in [3.05, 3.63) is 35.8 Å². The number of rotatable bonds is 4. The van der Waals surface area contributed by atoms with Gasteiger partial charge in [-0.15, -0.1) is 0 Å². The third kappa shape index (κ3) is 2.44. The topological polar surface area (TPSA) is 55.9 Å². The van der Waals surface area contributed by atoms with Crippen molar-refractivity contribution in [2.45, 2.75) is 20.0 Å². The Bertz CT molecular complexity index is 432. The lowest BCUT2D eigenvalue weighted by atomic mass is 10.3. The van der Waals surface area contributed by atoms with Gasteiger partial charge in [0.1, 0.15) is 12.1 Å². The maximum Gasteiger partial charge on any atom is 0.164 e. The van der Waals surface area contributed by atoms with Crippen LogP contribution in [0.15, 0.2) is 23.1 Å². The van der Waals surface area contributed by atoms with Gasteiger partial charge < -0.3 is 9.73 Å². The molecule has 0 aliphatic heterocycles. The van der Waals surface area contributed by atoms with Crippen molar-refractivity contribution in [2.24, 2.45) is 7.05 Å². The van der Waals surface area contributed by atoms with E-state index in [1.807, 2.05) is 20.0 Å². The number of hydrogen-bond acceptors (Lipinski definition) is 4. The maximum absolute atomic E-state index is 5.30. The molecular weight excluding hydrogens is 192 g/mol. The van der Waals surface area contributed by atoms with Crippen molar-refractivity contribution in [3.8, 4) is 0 Å². The molecule has 80 valence electrons. The average Bonchev–Trinajstić information content (AvgIpc) is 2.77. The molecule has 0 aliphatic carbocycles. The first kappa shape index (κ1) is 9.92. The minimum atomic E-state index is 0.654. The monoisotopic (exact) mass is 206 g/mol. The highest BCUT2D eigenvalue weighted by atomic mass is 16.3. The molecular formula is C10H14N4O. The van der Waals surface area contributed by atoms with Crippen LogP contribution in [0.4, 0.5) is 0 Å². The first-order valence-electron chi connectivity index (χ1n) is 4.84. The van der Waals surface area contributed by atoms with Gasteiger partial charge in [0.25, 0.3) is 0 Å². The summed E-state index contributed by atoms with van der Waals surface area (Å²) < 4.78 is 6.99. The number of aryl methyl sites for hydroxylation is 2. The predicted molar refractivity (Wildman–Crippen MR) is 55.0 cm³/mol. The van der Waals surface area contributed by atoms with E-state index in [0.717, 1.165) is 17.1 Å². The fraction of sp³-hybridized carbons (Fsp3) is 0.400. The lowest BCUT2D eigenvalue weighted by Crippen LogP contribution is -2.14. The fourth-order valence-electron chi connectivity index (χ4n) is 1.34. The second kappa shape index (κ2) is 4.27. The van der Waals surface area contributed by atoms with Crippen molar-refractivity contribution >= 4 is 0 Å². The maximum atomic E-state index is 5.30. The van der Waals surface area contributed by atoms with Gasteiger partial charge >= 0.3 is 0 Å². The van der Waals surface area contributed by atoms with Gasteiger partial charge in [-0.3, -0.25) is 4.68 Å². The molecule has 0 bridgehead atoms. The van der Waals surface area contributed by atoms with Crippen LogP contribution < -0.4 is 5.32 Å². The highest BCUT2D eigenvalue weighted by Crippen LogP contribution is 2.07. The Hall–Kier alpha value is -1.62. The largest absolute Gasteiger partial charge is 0.468 e. The van der Waals surface area contributed by atoms with Crippen LogP contribution in [-0.4, -0.2) is 14.8 Å². The predicted octanol–water partition coefficient (Wildman–Crippen LogP) is 1.01. The Balaban J connectivity index is 1.83. The first-order valence-corrected chi connectivity index (χ1v) is 4.84. The molecule has 15 heavy (non-hydrogen) atoms. The summed E-state index contributed by atoms with van der Waals surface area (Å²) in [5.74, 6) is 1.76. The van der Waals surface area contributed by atoms with Gasteiger partial charge in [0.15, 0.2) is 5.82 Å². The molecule has 0 atom stereocenters. The number of aromatic nitrogens is 3. The number of hydrogen-bond donors (Lipinski definition) is 1. The highest BCUT2D eigenvalue weighted by Gasteiger charge is 2.02. The van der Waals surface area contributed by atoms with Crippen molar-refractivity contribution < 1.29 is 4.42 Å². The SMILES string of the molecule is Cc1ccoc1CNCc1ncn(C)n1. The van der Waals surface area contributed by atoms with E-state index in [0.29, 0.717) is 13.1 Å². The Morgan fingerprint density at radius 2 is 2.33 bits per heavy atom. The van der Waals surface area contributed by atoms with Gasteiger partial charge in [0.2, 0.25) is 0 Å². The molecule has 0 aromatic carbocycles. The van der Waals surface area contributed by atoms with E-state index in [9.17, 15) is 0 Å². The highest BCUT2D eigenvalue weighted by molar-refractivity contribution is 5.14. The van der Waals surface area contributed by atoms with Gasteiger partial charge in [0, 0.05) is 7.05 Å².